The molecule has 1 aromatic heterocycles. The molecule has 0 fully saturated rings. The van der Waals surface area contributed by atoms with Crippen molar-refractivity contribution in [2.75, 3.05) is 12.4 Å². The van der Waals surface area contributed by atoms with Gasteiger partial charge in [-0.2, -0.15) is 4.98 Å². The predicted molar refractivity (Wildman–Crippen MR) is 75.6 cm³/mol. The van der Waals surface area contributed by atoms with Gasteiger partial charge in [-0.15, -0.1) is 0 Å². The molecule has 1 aromatic rings. The molecule has 0 aliphatic carbocycles. The zero-order valence-corrected chi connectivity index (χ0v) is 12.2. The van der Waals surface area contributed by atoms with Gasteiger partial charge in [-0.1, -0.05) is 44.2 Å². The molecule has 0 saturated carbocycles. The van der Waals surface area contributed by atoms with Crippen LogP contribution in [0.25, 0.3) is 0 Å². The van der Waals surface area contributed by atoms with Crippen LogP contribution in [0.1, 0.15) is 45.4 Å². The highest BCUT2D eigenvalue weighted by Gasteiger charge is 2.07. The molecule has 0 radical (unpaired) electrons. The Morgan fingerprint density at radius 2 is 2.05 bits per heavy atom. The van der Waals surface area contributed by atoms with E-state index in [1.54, 1.807) is 0 Å². The molecular formula is C13H20ClN3O2. The summed E-state index contributed by atoms with van der Waals surface area (Å²) in [5, 5.41) is 2.86. The van der Waals surface area contributed by atoms with Crippen molar-refractivity contribution in [3.8, 4) is 5.88 Å². The summed E-state index contributed by atoms with van der Waals surface area (Å²) in [6.07, 6.45) is 6.01. The SMILES string of the molecule is CCCCCCCC(=O)Nc1nc(Cl)cc(OC)n1. The number of aromatic nitrogens is 2. The van der Waals surface area contributed by atoms with Crippen molar-refractivity contribution in [1.82, 2.24) is 9.97 Å². The van der Waals surface area contributed by atoms with Gasteiger partial charge in [0.15, 0.2) is 0 Å². The molecule has 19 heavy (non-hydrogen) atoms. The van der Waals surface area contributed by atoms with Crippen LogP contribution >= 0.6 is 11.6 Å². The fraction of sp³-hybridized carbons (Fsp3) is 0.615. The molecule has 0 aliphatic rings. The smallest absolute Gasteiger partial charge is 0.234 e. The van der Waals surface area contributed by atoms with Crippen LogP contribution in [-0.2, 0) is 4.79 Å². The Balaban J connectivity index is 2.37. The fourth-order valence-electron chi connectivity index (χ4n) is 1.63. The minimum Gasteiger partial charge on any atom is -0.481 e. The highest BCUT2D eigenvalue weighted by molar-refractivity contribution is 6.29. The molecular weight excluding hydrogens is 266 g/mol. The third kappa shape index (κ3) is 6.38. The van der Waals surface area contributed by atoms with Crippen LogP contribution in [0, 0.1) is 0 Å². The molecule has 5 nitrogen and oxygen atoms in total. The van der Waals surface area contributed by atoms with E-state index in [4.69, 9.17) is 16.3 Å². The number of carbonyl (C=O) groups is 1. The summed E-state index contributed by atoms with van der Waals surface area (Å²) in [6.45, 7) is 2.16. The van der Waals surface area contributed by atoms with Crippen LogP contribution in [0.5, 0.6) is 5.88 Å². The van der Waals surface area contributed by atoms with E-state index in [2.05, 4.69) is 22.2 Å². The van der Waals surface area contributed by atoms with Crippen LogP contribution in [0.2, 0.25) is 5.15 Å². The van der Waals surface area contributed by atoms with Gasteiger partial charge in [0.25, 0.3) is 0 Å². The van der Waals surface area contributed by atoms with Crippen LogP contribution in [0.15, 0.2) is 6.07 Å². The second-order valence-electron chi connectivity index (χ2n) is 4.27. The monoisotopic (exact) mass is 285 g/mol. The zero-order valence-electron chi connectivity index (χ0n) is 11.4. The Morgan fingerprint density at radius 1 is 1.32 bits per heavy atom. The Bertz CT molecular complexity index is 413. The van der Waals surface area contributed by atoms with Gasteiger partial charge in [0.05, 0.1) is 7.11 Å². The summed E-state index contributed by atoms with van der Waals surface area (Å²) in [5.41, 5.74) is 0. The molecule has 1 N–H and O–H groups in total. The summed E-state index contributed by atoms with van der Waals surface area (Å²) in [4.78, 5) is 19.6. The zero-order chi connectivity index (χ0) is 14.1. The second kappa shape index (κ2) is 8.69. The molecule has 0 aromatic carbocycles. The number of hydrogen-bond acceptors (Lipinski definition) is 4. The number of hydrogen-bond donors (Lipinski definition) is 1. The molecule has 0 atom stereocenters. The Morgan fingerprint density at radius 3 is 2.74 bits per heavy atom. The van der Waals surface area contributed by atoms with E-state index in [-0.39, 0.29) is 17.0 Å². The van der Waals surface area contributed by atoms with Crippen molar-refractivity contribution in [3.63, 3.8) is 0 Å². The first-order chi connectivity index (χ1) is 9.15. The topological polar surface area (TPSA) is 64.1 Å². The maximum Gasteiger partial charge on any atom is 0.234 e. The summed E-state index contributed by atoms with van der Waals surface area (Å²) < 4.78 is 4.96. The lowest BCUT2D eigenvalue weighted by atomic mass is 10.1. The largest absolute Gasteiger partial charge is 0.481 e. The standard InChI is InChI=1S/C13H20ClN3O2/c1-3-4-5-6-7-8-11(18)16-13-15-10(14)9-12(17-13)19-2/h9H,3-8H2,1-2H3,(H,15,16,17,18). The number of nitrogens with zero attached hydrogens (tertiary/aromatic N) is 2. The Kier molecular flexibility index (Phi) is 7.18. The van der Waals surface area contributed by atoms with Gasteiger partial charge in [-0.05, 0) is 6.42 Å². The average Bonchev–Trinajstić information content (AvgIpc) is 2.37. The van der Waals surface area contributed by atoms with Crippen molar-refractivity contribution in [2.45, 2.75) is 45.4 Å². The van der Waals surface area contributed by atoms with Crippen molar-refractivity contribution in [3.05, 3.63) is 11.2 Å². The van der Waals surface area contributed by atoms with E-state index >= 15 is 0 Å². The van der Waals surface area contributed by atoms with Crippen molar-refractivity contribution in [2.24, 2.45) is 0 Å². The lowest BCUT2D eigenvalue weighted by Gasteiger charge is -2.05. The fourth-order valence-corrected chi connectivity index (χ4v) is 1.81. The molecule has 0 bridgehead atoms. The molecule has 0 unspecified atom stereocenters. The molecule has 0 aliphatic heterocycles. The lowest BCUT2D eigenvalue weighted by molar-refractivity contribution is -0.116. The number of halogens is 1. The van der Waals surface area contributed by atoms with Gasteiger partial charge in [-0.25, -0.2) is 4.98 Å². The van der Waals surface area contributed by atoms with Crippen molar-refractivity contribution < 1.29 is 9.53 Å². The van der Waals surface area contributed by atoms with Gasteiger partial charge < -0.3 is 4.74 Å². The van der Waals surface area contributed by atoms with E-state index in [0.29, 0.717) is 12.3 Å². The van der Waals surface area contributed by atoms with E-state index in [1.807, 2.05) is 0 Å². The summed E-state index contributed by atoms with van der Waals surface area (Å²) in [6, 6.07) is 1.49. The van der Waals surface area contributed by atoms with E-state index < -0.39 is 0 Å². The number of ether oxygens (including phenoxy) is 1. The number of nitrogens with one attached hydrogen (secondary N) is 1. The highest BCUT2D eigenvalue weighted by Crippen LogP contribution is 2.16. The summed E-state index contributed by atoms with van der Waals surface area (Å²) in [5.74, 6) is 0.418. The Labute approximate surface area is 118 Å². The quantitative estimate of drug-likeness (QED) is 0.587. The van der Waals surface area contributed by atoms with E-state index in [1.165, 1.54) is 32.4 Å². The van der Waals surface area contributed by atoms with Crippen LogP contribution in [0.4, 0.5) is 5.95 Å². The van der Waals surface area contributed by atoms with Crippen molar-refractivity contribution in [1.29, 1.82) is 0 Å². The van der Waals surface area contributed by atoms with Gasteiger partial charge in [0, 0.05) is 12.5 Å². The molecule has 1 rings (SSSR count). The number of rotatable bonds is 8. The third-order valence-corrected chi connectivity index (χ3v) is 2.83. The summed E-state index contributed by atoms with van der Waals surface area (Å²) >= 11 is 5.79. The van der Waals surface area contributed by atoms with Gasteiger partial charge in [0.1, 0.15) is 5.15 Å². The Hall–Kier alpha value is -1.36. The molecule has 0 saturated heterocycles. The van der Waals surface area contributed by atoms with E-state index in [0.717, 1.165) is 12.8 Å². The number of anilines is 1. The van der Waals surface area contributed by atoms with E-state index in [9.17, 15) is 4.79 Å². The molecule has 0 spiro atoms. The number of methoxy groups -OCH3 is 1. The minimum atomic E-state index is -0.0965. The molecule has 1 amide bonds. The first kappa shape index (κ1) is 15.7. The first-order valence-electron chi connectivity index (χ1n) is 6.54. The third-order valence-electron chi connectivity index (χ3n) is 2.64. The molecule has 1 heterocycles. The van der Waals surface area contributed by atoms with Crippen LogP contribution < -0.4 is 10.1 Å². The van der Waals surface area contributed by atoms with Crippen LogP contribution in [-0.4, -0.2) is 23.0 Å². The average molecular weight is 286 g/mol. The number of amides is 1. The lowest BCUT2D eigenvalue weighted by Crippen LogP contribution is -2.13. The second-order valence-corrected chi connectivity index (χ2v) is 4.66. The van der Waals surface area contributed by atoms with Gasteiger partial charge in [-0.3, -0.25) is 10.1 Å². The van der Waals surface area contributed by atoms with Gasteiger partial charge >= 0.3 is 0 Å². The van der Waals surface area contributed by atoms with Gasteiger partial charge in [0.2, 0.25) is 17.7 Å². The molecule has 106 valence electrons. The highest BCUT2D eigenvalue weighted by atomic mass is 35.5. The maximum atomic E-state index is 11.7. The van der Waals surface area contributed by atoms with Crippen molar-refractivity contribution >= 4 is 23.5 Å². The number of unbranched alkanes of at least 4 members (excludes halogenated alkanes) is 4. The molecule has 6 heteroatoms. The minimum absolute atomic E-state index is 0.0965. The normalized spacial score (nSPS) is 10.3. The van der Waals surface area contributed by atoms with Crippen LogP contribution in [0.3, 0.4) is 0 Å². The maximum absolute atomic E-state index is 11.7. The predicted octanol–water partition coefficient (Wildman–Crippen LogP) is 3.44. The number of carbonyl (C=O) groups excluding carboxylic acids is 1. The first-order valence-corrected chi connectivity index (χ1v) is 6.92. The summed E-state index contributed by atoms with van der Waals surface area (Å²) in [7, 11) is 1.48.